The second kappa shape index (κ2) is 6.48. The van der Waals surface area contributed by atoms with Crippen molar-refractivity contribution in [2.24, 2.45) is 17.8 Å². The molecule has 1 saturated heterocycles. The Kier molecular flexibility index (Phi) is 4.20. The fraction of sp³-hybridized carbons (Fsp3) is 0.538. The highest BCUT2D eigenvalue weighted by atomic mass is 16.5. The van der Waals surface area contributed by atoms with E-state index in [1.807, 2.05) is 0 Å². The number of ether oxygens (including phenoxy) is 1. The fourth-order valence-electron chi connectivity index (χ4n) is 7.02. The van der Waals surface area contributed by atoms with Gasteiger partial charge in [-0.05, 0) is 71.8 Å². The highest BCUT2D eigenvalue weighted by molar-refractivity contribution is 5.53. The molecule has 0 radical (unpaired) electrons. The summed E-state index contributed by atoms with van der Waals surface area (Å²) in [7, 11) is 0. The molecule has 1 heteroatoms. The lowest BCUT2D eigenvalue weighted by Crippen LogP contribution is -2.43. The van der Waals surface area contributed by atoms with E-state index in [9.17, 15) is 0 Å². The Morgan fingerprint density at radius 2 is 1.70 bits per heavy atom. The van der Waals surface area contributed by atoms with Crippen molar-refractivity contribution in [1.29, 1.82) is 0 Å². The Morgan fingerprint density at radius 1 is 0.963 bits per heavy atom. The van der Waals surface area contributed by atoms with Crippen molar-refractivity contribution in [3.63, 3.8) is 0 Å². The van der Waals surface area contributed by atoms with Gasteiger partial charge in [0.25, 0.3) is 0 Å². The molecular formula is C26H32O. The van der Waals surface area contributed by atoms with E-state index in [1.165, 1.54) is 24.8 Å². The third-order valence-corrected chi connectivity index (χ3v) is 8.07. The van der Waals surface area contributed by atoms with Crippen LogP contribution in [0.25, 0.3) is 0 Å². The molecule has 5 rings (SSSR count). The van der Waals surface area contributed by atoms with Crippen LogP contribution in [-0.2, 0) is 29.4 Å². The molecule has 0 N–H and O–H groups in total. The minimum atomic E-state index is 0.144. The normalized spacial score (nSPS) is 34.2. The number of rotatable bonds is 3. The molecule has 2 aliphatic carbocycles. The maximum absolute atomic E-state index is 6.34. The summed E-state index contributed by atoms with van der Waals surface area (Å²) in [6, 6.07) is 16.6. The van der Waals surface area contributed by atoms with Crippen LogP contribution in [0.3, 0.4) is 0 Å². The van der Waals surface area contributed by atoms with Crippen LogP contribution >= 0.6 is 0 Å². The van der Waals surface area contributed by atoms with E-state index in [0.717, 1.165) is 19.4 Å². The first kappa shape index (κ1) is 17.5. The molecule has 3 aliphatic rings. The van der Waals surface area contributed by atoms with E-state index in [2.05, 4.69) is 63.2 Å². The van der Waals surface area contributed by atoms with E-state index >= 15 is 0 Å². The average Bonchev–Trinajstić information content (AvgIpc) is 3.29. The average molecular weight is 361 g/mol. The Hall–Kier alpha value is -1.60. The lowest BCUT2D eigenvalue weighted by Gasteiger charge is -2.46. The summed E-state index contributed by atoms with van der Waals surface area (Å²) in [6.45, 7) is 8.02. The topological polar surface area (TPSA) is 9.23 Å². The summed E-state index contributed by atoms with van der Waals surface area (Å²) in [5.74, 6) is 1.96. The van der Waals surface area contributed by atoms with Gasteiger partial charge in [-0.2, -0.15) is 0 Å². The predicted octanol–water partition coefficient (Wildman–Crippen LogP) is 5.71. The van der Waals surface area contributed by atoms with Gasteiger partial charge in [-0.1, -0.05) is 63.2 Å². The Bertz CT molecular complexity index is 839. The molecule has 27 heavy (non-hydrogen) atoms. The van der Waals surface area contributed by atoms with Gasteiger partial charge in [-0.25, -0.2) is 0 Å². The number of hydrogen-bond acceptors (Lipinski definition) is 1. The van der Waals surface area contributed by atoms with Crippen LogP contribution in [-0.4, -0.2) is 12.7 Å². The molecule has 2 fully saturated rings. The molecule has 1 saturated carbocycles. The lowest BCUT2D eigenvalue weighted by atomic mass is 9.56. The number of aryl methyl sites for hydroxylation is 3. The Morgan fingerprint density at radius 3 is 2.44 bits per heavy atom. The van der Waals surface area contributed by atoms with Crippen molar-refractivity contribution in [2.45, 2.75) is 64.4 Å². The zero-order valence-electron chi connectivity index (χ0n) is 17.0. The van der Waals surface area contributed by atoms with Gasteiger partial charge >= 0.3 is 0 Å². The van der Waals surface area contributed by atoms with E-state index in [-0.39, 0.29) is 5.41 Å². The minimum Gasteiger partial charge on any atom is -0.378 e. The summed E-state index contributed by atoms with van der Waals surface area (Å²) in [5.41, 5.74) is 8.05. The highest BCUT2D eigenvalue weighted by Crippen LogP contribution is 2.63. The molecule has 1 aliphatic heterocycles. The molecule has 5 atom stereocenters. The predicted molar refractivity (Wildman–Crippen MR) is 111 cm³/mol. The molecule has 1 heterocycles. The van der Waals surface area contributed by atoms with E-state index in [1.54, 1.807) is 22.3 Å². The van der Waals surface area contributed by atoms with Gasteiger partial charge in [-0.15, -0.1) is 0 Å². The summed E-state index contributed by atoms with van der Waals surface area (Å²) in [5, 5.41) is 0. The second-order valence-electron chi connectivity index (χ2n) is 8.96. The van der Waals surface area contributed by atoms with Crippen molar-refractivity contribution in [2.75, 3.05) is 6.61 Å². The highest BCUT2D eigenvalue weighted by Gasteiger charge is 2.63. The maximum Gasteiger partial charge on any atom is 0.0644 e. The van der Waals surface area contributed by atoms with Gasteiger partial charge in [0.15, 0.2) is 0 Å². The smallest absolute Gasteiger partial charge is 0.0644 e. The van der Waals surface area contributed by atoms with Gasteiger partial charge in [0.2, 0.25) is 0 Å². The van der Waals surface area contributed by atoms with Gasteiger partial charge < -0.3 is 4.74 Å². The molecule has 2 aromatic rings. The third kappa shape index (κ3) is 2.27. The standard InChI is InChI=1S/C26H32O/c1-4-18-15-20-11-12-22-17(3)25-23(13-14-27-25)26(22,21-9-7-6-8-10-21)24(20)16-19(18)5-2/h6-10,15-17,22-23,25H,4-5,11-14H2,1-3H3. The van der Waals surface area contributed by atoms with Crippen molar-refractivity contribution in [3.8, 4) is 0 Å². The molecule has 0 spiro atoms. The summed E-state index contributed by atoms with van der Waals surface area (Å²) in [4.78, 5) is 0. The molecule has 0 aromatic heterocycles. The van der Waals surface area contributed by atoms with E-state index in [4.69, 9.17) is 4.74 Å². The molecular weight excluding hydrogens is 328 g/mol. The van der Waals surface area contributed by atoms with E-state index in [0.29, 0.717) is 23.9 Å². The van der Waals surface area contributed by atoms with Crippen molar-refractivity contribution >= 4 is 0 Å². The van der Waals surface area contributed by atoms with Crippen LogP contribution in [0.15, 0.2) is 42.5 Å². The number of hydrogen-bond donors (Lipinski definition) is 0. The van der Waals surface area contributed by atoms with Crippen LogP contribution in [0.1, 0.15) is 61.4 Å². The molecule has 2 aromatic carbocycles. The first-order chi connectivity index (χ1) is 13.2. The van der Waals surface area contributed by atoms with Crippen LogP contribution in [0.2, 0.25) is 0 Å². The SMILES string of the molecule is CCc1cc2c(cc1CC)C1(c3ccccc3)C(CC2)C(C)C2OCCC21. The number of benzene rings is 2. The van der Waals surface area contributed by atoms with Gasteiger partial charge in [0.1, 0.15) is 0 Å². The zero-order chi connectivity index (χ0) is 18.6. The van der Waals surface area contributed by atoms with Crippen LogP contribution in [0, 0.1) is 17.8 Å². The van der Waals surface area contributed by atoms with Gasteiger partial charge in [0.05, 0.1) is 6.10 Å². The third-order valence-electron chi connectivity index (χ3n) is 8.07. The molecule has 0 bridgehead atoms. The zero-order valence-corrected chi connectivity index (χ0v) is 17.0. The quantitative estimate of drug-likeness (QED) is 0.681. The van der Waals surface area contributed by atoms with Gasteiger partial charge in [0, 0.05) is 17.9 Å². The monoisotopic (exact) mass is 360 g/mol. The molecule has 0 amide bonds. The van der Waals surface area contributed by atoms with Crippen molar-refractivity contribution < 1.29 is 4.74 Å². The van der Waals surface area contributed by atoms with Crippen LogP contribution in [0.4, 0.5) is 0 Å². The summed E-state index contributed by atoms with van der Waals surface area (Å²) in [6.07, 6.45) is 6.44. The van der Waals surface area contributed by atoms with Crippen LogP contribution < -0.4 is 0 Å². The largest absolute Gasteiger partial charge is 0.378 e. The Balaban J connectivity index is 1.81. The van der Waals surface area contributed by atoms with Crippen molar-refractivity contribution in [1.82, 2.24) is 0 Å². The Labute approximate surface area is 164 Å². The number of fused-ring (bicyclic) bond motifs is 5. The minimum absolute atomic E-state index is 0.144. The molecule has 5 unspecified atom stereocenters. The first-order valence-corrected chi connectivity index (χ1v) is 11.0. The van der Waals surface area contributed by atoms with E-state index < -0.39 is 0 Å². The van der Waals surface area contributed by atoms with Crippen LogP contribution in [0.5, 0.6) is 0 Å². The first-order valence-electron chi connectivity index (χ1n) is 11.0. The maximum atomic E-state index is 6.34. The fourth-order valence-corrected chi connectivity index (χ4v) is 7.02. The lowest BCUT2D eigenvalue weighted by molar-refractivity contribution is 0.0617. The van der Waals surface area contributed by atoms with Gasteiger partial charge in [-0.3, -0.25) is 0 Å². The molecule has 1 nitrogen and oxygen atoms in total. The second-order valence-corrected chi connectivity index (χ2v) is 8.96. The summed E-state index contributed by atoms with van der Waals surface area (Å²) < 4.78 is 6.34. The molecule has 142 valence electrons. The summed E-state index contributed by atoms with van der Waals surface area (Å²) >= 11 is 0. The van der Waals surface area contributed by atoms with Crippen molar-refractivity contribution in [3.05, 3.63) is 70.3 Å².